The molecule has 0 saturated carbocycles. The summed E-state index contributed by atoms with van der Waals surface area (Å²) in [6, 6.07) is 12.1. The molecule has 0 spiro atoms. The smallest absolute Gasteiger partial charge is 0.243 e. The molecule has 0 bridgehead atoms. The lowest BCUT2D eigenvalue weighted by molar-refractivity contribution is -0.116. The van der Waals surface area contributed by atoms with Crippen LogP contribution in [0, 0.1) is 13.8 Å². The standard InChI is InChI=1S/C18H19N3O3S2/c1-12-5-4-6-14(9-12)20-18(22)11-21(3)26(23,24)15-7-8-16-17(10-15)25-13(2)19-16/h4-10H,11H2,1-3H3,(H,20,22). The van der Waals surface area contributed by atoms with E-state index in [1.165, 1.54) is 24.5 Å². The van der Waals surface area contributed by atoms with Crippen LogP contribution in [0.2, 0.25) is 0 Å². The SMILES string of the molecule is Cc1cccc(NC(=O)CN(C)S(=O)(=O)c2ccc3nc(C)sc3c2)c1. The first-order chi connectivity index (χ1) is 12.3. The highest BCUT2D eigenvalue weighted by Crippen LogP contribution is 2.25. The van der Waals surface area contributed by atoms with Crippen molar-refractivity contribution < 1.29 is 13.2 Å². The number of benzene rings is 2. The van der Waals surface area contributed by atoms with E-state index >= 15 is 0 Å². The lowest BCUT2D eigenvalue weighted by Crippen LogP contribution is -2.34. The van der Waals surface area contributed by atoms with Crippen molar-refractivity contribution in [3.63, 3.8) is 0 Å². The van der Waals surface area contributed by atoms with Crippen molar-refractivity contribution >= 4 is 43.2 Å². The number of aryl methyl sites for hydroxylation is 2. The topological polar surface area (TPSA) is 79.4 Å². The van der Waals surface area contributed by atoms with Gasteiger partial charge in [-0.25, -0.2) is 13.4 Å². The summed E-state index contributed by atoms with van der Waals surface area (Å²) in [6.45, 7) is 3.53. The van der Waals surface area contributed by atoms with Gasteiger partial charge in [0.2, 0.25) is 15.9 Å². The van der Waals surface area contributed by atoms with E-state index in [4.69, 9.17) is 0 Å². The maximum Gasteiger partial charge on any atom is 0.243 e. The number of aromatic nitrogens is 1. The molecule has 3 rings (SSSR count). The van der Waals surface area contributed by atoms with Crippen LogP contribution in [0.1, 0.15) is 10.6 Å². The Morgan fingerprint density at radius 3 is 2.69 bits per heavy atom. The van der Waals surface area contributed by atoms with Gasteiger partial charge in [-0.05, 0) is 49.7 Å². The number of anilines is 1. The second-order valence-corrected chi connectivity index (χ2v) is 9.32. The predicted molar refractivity (Wildman–Crippen MR) is 104 cm³/mol. The number of fused-ring (bicyclic) bond motifs is 1. The van der Waals surface area contributed by atoms with Gasteiger partial charge in [0.1, 0.15) is 0 Å². The van der Waals surface area contributed by atoms with E-state index in [9.17, 15) is 13.2 Å². The molecule has 0 radical (unpaired) electrons. The average molecular weight is 390 g/mol. The number of carbonyl (C=O) groups is 1. The average Bonchev–Trinajstić information content (AvgIpc) is 2.93. The number of hydrogen-bond donors (Lipinski definition) is 1. The van der Waals surface area contributed by atoms with Crippen molar-refractivity contribution in [2.24, 2.45) is 0 Å². The molecule has 0 aliphatic heterocycles. The van der Waals surface area contributed by atoms with Crippen LogP contribution in [0.4, 0.5) is 5.69 Å². The van der Waals surface area contributed by atoms with E-state index < -0.39 is 15.9 Å². The van der Waals surface area contributed by atoms with Gasteiger partial charge in [0, 0.05) is 12.7 Å². The Bertz CT molecular complexity index is 1070. The summed E-state index contributed by atoms with van der Waals surface area (Å²) in [5, 5.41) is 3.59. The zero-order valence-corrected chi connectivity index (χ0v) is 16.3. The Labute approximate surface area is 156 Å². The van der Waals surface area contributed by atoms with Crippen LogP contribution >= 0.6 is 11.3 Å². The van der Waals surface area contributed by atoms with Gasteiger partial charge in [-0.1, -0.05) is 12.1 Å². The minimum atomic E-state index is -3.77. The molecule has 1 heterocycles. The van der Waals surface area contributed by atoms with Crippen molar-refractivity contribution in [2.75, 3.05) is 18.9 Å². The van der Waals surface area contributed by atoms with E-state index in [2.05, 4.69) is 10.3 Å². The van der Waals surface area contributed by atoms with Gasteiger partial charge in [-0.2, -0.15) is 4.31 Å². The summed E-state index contributed by atoms with van der Waals surface area (Å²) < 4.78 is 27.4. The summed E-state index contributed by atoms with van der Waals surface area (Å²) in [6.07, 6.45) is 0. The molecular formula is C18H19N3O3S2. The number of carbonyl (C=O) groups excluding carboxylic acids is 1. The number of nitrogens with one attached hydrogen (secondary N) is 1. The monoisotopic (exact) mass is 389 g/mol. The van der Waals surface area contributed by atoms with E-state index in [0.29, 0.717) is 5.69 Å². The zero-order valence-electron chi connectivity index (χ0n) is 14.7. The van der Waals surface area contributed by atoms with E-state index in [1.807, 2.05) is 32.0 Å². The summed E-state index contributed by atoms with van der Waals surface area (Å²) in [7, 11) is -2.37. The van der Waals surface area contributed by atoms with E-state index in [0.717, 1.165) is 25.1 Å². The predicted octanol–water partition coefficient (Wildman–Crippen LogP) is 3.17. The Morgan fingerprint density at radius 1 is 1.19 bits per heavy atom. The number of nitrogens with zero attached hydrogens (tertiary/aromatic N) is 2. The zero-order chi connectivity index (χ0) is 18.9. The summed E-state index contributed by atoms with van der Waals surface area (Å²) >= 11 is 1.44. The highest BCUT2D eigenvalue weighted by molar-refractivity contribution is 7.89. The van der Waals surface area contributed by atoms with Crippen LogP contribution in [0.3, 0.4) is 0 Å². The number of thiazole rings is 1. The van der Waals surface area contributed by atoms with Crippen molar-refractivity contribution in [3.05, 3.63) is 53.0 Å². The molecule has 136 valence electrons. The van der Waals surface area contributed by atoms with Crippen LogP contribution in [0.15, 0.2) is 47.4 Å². The first-order valence-electron chi connectivity index (χ1n) is 7.96. The van der Waals surface area contributed by atoms with Crippen LogP contribution in [0.5, 0.6) is 0 Å². The molecule has 0 fully saturated rings. The first kappa shape index (κ1) is 18.5. The summed E-state index contributed by atoms with van der Waals surface area (Å²) in [5.41, 5.74) is 2.42. The van der Waals surface area contributed by atoms with Crippen LogP contribution < -0.4 is 5.32 Å². The van der Waals surface area contributed by atoms with Crippen molar-refractivity contribution in [2.45, 2.75) is 18.7 Å². The molecule has 3 aromatic rings. The Hall–Kier alpha value is -2.29. The number of likely N-dealkylation sites (N-methyl/N-ethyl adjacent to an activating group) is 1. The van der Waals surface area contributed by atoms with E-state index in [1.54, 1.807) is 18.2 Å². The van der Waals surface area contributed by atoms with Crippen molar-refractivity contribution in [1.82, 2.24) is 9.29 Å². The highest BCUT2D eigenvalue weighted by Gasteiger charge is 2.23. The Balaban J connectivity index is 1.76. The molecule has 1 aromatic heterocycles. The second kappa shape index (κ2) is 7.14. The van der Waals surface area contributed by atoms with Crippen LogP contribution in [-0.4, -0.2) is 37.2 Å². The maximum atomic E-state index is 12.8. The number of rotatable bonds is 5. The van der Waals surface area contributed by atoms with Crippen LogP contribution in [0.25, 0.3) is 10.2 Å². The molecule has 0 saturated heterocycles. The molecule has 0 unspecified atom stereocenters. The van der Waals surface area contributed by atoms with Gasteiger partial charge in [0.25, 0.3) is 0 Å². The fourth-order valence-electron chi connectivity index (χ4n) is 2.57. The third-order valence-electron chi connectivity index (χ3n) is 3.84. The molecule has 2 aromatic carbocycles. The highest BCUT2D eigenvalue weighted by atomic mass is 32.2. The molecule has 1 amide bonds. The summed E-state index contributed by atoms with van der Waals surface area (Å²) in [5.74, 6) is -0.392. The second-order valence-electron chi connectivity index (χ2n) is 6.04. The molecule has 8 heteroatoms. The quantitative estimate of drug-likeness (QED) is 0.727. The maximum absolute atomic E-state index is 12.8. The van der Waals surface area contributed by atoms with Crippen LogP contribution in [-0.2, 0) is 14.8 Å². The normalized spacial score (nSPS) is 11.8. The van der Waals surface area contributed by atoms with Gasteiger partial charge < -0.3 is 5.32 Å². The lowest BCUT2D eigenvalue weighted by atomic mass is 10.2. The Kier molecular flexibility index (Phi) is 5.08. The van der Waals surface area contributed by atoms with Gasteiger partial charge in [0.05, 0.1) is 26.7 Å². The Morgan fingerprint density at radius 2 is 1.96 bits per heavy atom. The molecule has 0 atom stereocenters. The van der Waals surface area contributed by atoms with Gasteiger partial charge in [-0.15, -0.1) is 11.3 Å². The van der Waals surface area contributed by atoms with Gasteiger partial charge >= 0.3 is 0 Å². The third-order valence-corrected chi connectivity index (χ3v) is 6.58. The molecule has 1 N–H and O–H groups in total. The van der Waals surface area contributed by atoms with Crippen molar-refractivity contribution in [1.29, 1.82) is 0 Å². The largest absolute Gasteiger partial charge is 0.325 e. The van der Waals surface area contributed by atoms with Crippen molar-refractivity contribution in [3.8, 4) is 0 Å². The first-order valence-corrected chi connectivity index (χ1v) is 10.2. The molecular weight excluding hydrogens is 370 g/mol. The van der Waals surface area contributed by atoms with Gasteiger partial charge in [0.15, 0.2) is 0 Å². The number of amides is 1. The van der Waals surface area contributed by atoms with E-state index in [-0.39, 0.29) is 11.4 Å². The molecule has 26 heavy (non-hydrogen) atoms. The lowest BCUT2D eigenvalue weighted by Gasteiger charge is -2.17. The number of sulfonamides is 1. The minimum absolute atomic E-state index is 0.152. The summed E-state index contributed by atoms with van der Waals surface area (Å²) in [4.78, 5) is 16.7. The fraction of sp³-hybridized carbons (Fsp3) is 0.222. The fourth-order valence-corrected chi connectivity index (χ4v) is 4.67. The third kappa shape index (κ3) is 3.92. The molecule has 0 aliphatic rings. The minimum Gasteiger partial charge on any atom is -0.325 e. The molecule has 0 aliphatic carbocycles. The molecule has 6 nitrogen and oxygen atoms in total. The number of hydrogen-bond acceptors (Lipinski definition) is 5. The van der Waals surface area contributed by atoms with Gasteiger partial charge in [-0.3, -0.25) is 4.79 Å².